The summed E-state index contributed by atoms with van der Waals surface area (Å²) in [5, 5.41) is 11.8. The lowest BCUT2D eigenvalue weighted by Gasteiger charge is -2.20. The van der Waals surface area contributed by atoms with Crippen molar-refractivity contribution in [1.29, 1.82) is 0 Å². The molecule has 0 saturated carbocycles. The quantitative estimate of drug-likeness (QED) is 0.774. The van der Waals surface area contributed by atoms with Crippen LogP contribution in [0.25, 0.3) is 0 Å². The average Bonchev–Trinajstić information content (AvgIpc) is 2.31. The first kappa shape index (κ1) is 13.9. The smallest absolute Gasteiger partial charge is 0.387 e. The molecule has 0 aliphatic heterocycles. The summed E-state index contributed by atoms with van der Waals surface area (Å²) in [5.41, 5.74) is 0.684. The molecule has 0 fully saturated rings. The molecular weight excluding hydrogens is 228 g/mol. The summed E-state index contributed by atoms with van der Waals surface area (Å²) in [6.07, 6.45) is 0.726. The van der Waals surface area contributed by atoms with Crippen molar-refractivity contribution in [2.24, 2.45) is 0 Å². The highest BCUT2D eigenvalue weighted by molar-refractivity contribution is 5.35. The van der Waals surface area contributed by atoms with Crippen molar-refractivity contribution in [2.75, 3.05) is 13.2 Å². The van der Waals surface area contributed by atoms with Gasteiger partial charge in [-0.25, -0.2) is 0 Å². The third kappa shape index (κ3) is 4.28. The molecule has 17 heavy (non-hydrogen) atoms. The van der Waals surface area contributed by atoms with Gasteiger partial charge >= 0.3 is 6.61 Å². The van der Waals surface area contributed by atoms with Crippen LogP contribution < -0.4 is 10.1 Å². The summed E-state index contributed by atoms with van der Waals surface area (Å²) in [6.45, 7) is -0.462. The zero-order valence-corrected chi connectivity index (χ0v) is 9.70. The van der Waals surface area contributed by atoms with E-state index in [9.17, 15) is 8.78 Å². The lowest BCUT2D eigenvalue weighted by Crippen LogP contribution is -2.24. The predicted octanol–water partition coefficient (Wildman–Crippen LogP) is 2.32. The highest BCUT2D eigenvalue weighted by Crippen LogP contribution is 2.28. The number of benzene rings is 1. The molecule has 0 heterocycles. The third-order valence-electron chi connectivity index (χ3n) is 2.42. The number of hydrogen-bond acceptors (Lipinski definition) is 3. The zero-order chi connectivity index (χ0) is 12.7. The van der Waals surface area contributed by atoms with Crippen LogP contribution in [0.4, 0.5) is 8.78 Å². The van der Waals surface area contributed by atoms with Gasteiger partial charge in [-0.3, -0.25) is 0 Å². The fourth-order valence-corrected chi connectivity index (χ4v) is 1.68. The van der Waals surface area contributed by atoms with Gasteiger partial charge in [-0.1, -0.05) is 25.1 Å². The van der Waals surface area contributed by atoms with E-state index in [1.165, 1.54) is 6.07 Å². The summed E-state index contributed by atoms with van der Waals surface area (Å²) in [4.78, 5) is 0. The molecular formula is C12H17F2NO2. The summed E-state index contributed by atoms with van der Waals surface area (Å²) in [5.74, 6) is 0.180. The maximum absolute atomic E-state index is 12.2. The van der Waals surface area contributed by atoms with E-state index in [1.54, 1.807) is 18.2 Å². The molecule has 3 nitrogen and oxygen atoms in total. The number of ether oxygens (including phenoxy) is 1. The van der Waals surface area contributed by atoms with Crippen LogP contribution in [0.1, 0.15) is 24.9 Å². The van der Waals surface area contributed by atoms with Gasteiger partial charge in [0.05, 0.1) is 6.61 Å². The van der Waals surface area contributed by atoms with Crippen LogP contribution >= 0.6 is 0 Å². The minimum absolute atomic E-state index is 0.00830. The van der Waals surface area contributed by atoms with E-state index in [-0.39, 0.29) is 18.4 Å². The van der Waals surface area contributed by atoms with Gasteiger partial charge in [-0.05, 0) is 12.5 Å². The minimum Gasteiger partial charge on any atom is -0.434 e. The van der Waals surface area contributed by atoms with E-state index in [2.05, 4.69) is 10.1 Å². The number of alkyl halides is 2. The summed E-state index contributed by atoms with van der Waals surface area (Å²) in [7, 11) is 0. The van der Waals surface area contributed by atoms with Crippen LogP contribution in [-0.2, 0) is 0 Å². The number of aliphatic hydroxyl groups is 1. The van der Waals surface area contributed by atoms with E-state index >= 15 is 0 Å². The Bertz CT molecular complexity index is 334. The second kappa shape index (κ2) is 7.19. The number of rotatable bonds is 7. The first-order chi connectivity index (χ1) is 8.19. The van der Waals surface area contributed by atoms with E-state index in [1.807, 2.05) is 6.92 Å². The number of nitrogens with one attached hydrogen (secondary N) is 1. The second-order valence-electron chi connectivity index (χ2n) is 3.55. The van der Waals surface area contributed by atoms with Gasteiger partial charge in [0.25, 0.3) is 0 Å². The summed E-state index contributed by atoms with van der Waals surface area (Å²) in [6, 6.07) is 6.59. The molecule has 0 aliphatic rings. The number of para-hydroxylation sites is 1. The number of halogens is 2. The van der Waals surface area contributed by atoms with E-state index < -0.39 is 6.61 Å². The molecule has 1 aromatic carbocycles. The molecule has 5 heteroatoms. The lowest BCUT2D eigenvalue weighted by molar-refractivity contribution is -0.0507. The Morgan fingerprint density at radius 3 is 2.65 bits per heavy atom. The molecule has 1 atom stereocenters. The first-order valence-corrected chi connectivity index (χ1v) is 5.57. The van der Waals surface area contributed by atoms with Crippen molar-refractivity contribution >= 4 is 0 Å². The molecule has 96 valence electrons. The molecule has 0 amide bonds. The van der Waals surface area contributed by atoms with E-state index in [4.69, 9.17) is 5.11 Å². The van der Waals surface area contributed by atoms with Gasteiger partial charge in [-0.2, -0.15) is 8.78 Å². The molecule has 1 aromatic rings. The molecule has 1 unspecified atom stereocenters. The Labute approximate surface area is 99.4 Å². The monoisotopic (exact) mass is 245 g/mol. The van der Waals surface area contributed by atoms with E-state index in [0.29, 0.717) is 12.1 Å². The van der Waals surface area contributed by atoms with Crippen LogP contribution in [-0.4, -0.2) is 24.9 Å². The lowest BCUT2D eigenvalue weighted by atomic mass is 10.0. The van der Waals surface area contributed by atoms with Crippen molar-refractivity contribution in [3.05, 3.63) is 29.8 Å². The second-order valence-corrected chi connectivity index (χ2v) is 3.55. The highest BCUT2D eigenvalue weighted by Gasteiger charge is 2.15. The normalized spacial score (nSPS) is 12.8. The van der Waals surface area contributed by atoms with Crippen molar-refractivity contribution in [3.8, 4) is 5.75 Å². The molecule has 0 spiro atoms. The molecule has 1 rings (SSSR count). The van der Waals surface area contributed by atoms with Crippen molar-refractivity contribution in [2.45, 2.75) is 26.0 Å². The number of hydrogen-bond donors (Lipinski definition) is 2. The van der Waals surface area contributed by atoms with Gasteiger partial charge in [0.2, 0.25) is 0 Å². The maximum Gasteiger partial charge on any atom is 0.387 e. The number of aliphatic hydroxyl groups excluding tert-OH is 1. The van der Waals surface area contributed by atoms with Gasteiger partial charge in [0, 0.05) is 18.2 Å². The largest absolute Gasteiger partial charge is 0.434 e. The fraction of sp³-hybridized carbons (Fsp3) is 0.500. The summed E-state index contributed by atoms with van der Waals surface area (Å²) < 4.78 is 28.9. The van der Waals surface area contributed by atoms with Gasteiger partial charge in [0.1, 0.15) is 5.75 Å². The Morgan fingerprint density at radius 2 is 2.06 bits per heavy atom. The Balaban J connectivity index is 2.85. The minimum atomic E-state index is -2.83. The summed E-state index contributed by atoms with van der Waals surface area (Å²) >= 11 is 0. The molecule has 0 bridgehead atoms. The Kier molecular flexibility index (Phi) is 5.86. The van der Waals surface area contributed by atoms with Crippen LogP contribution in [0.3, 0.4) is 0 Å². The predicted molar refractivity (Wildman–Crippen MR) is 61.2 cm³/mol. The van der Waals surface area contributed by atoms with Gasteiger partial charge < -0.3 is 15.2 Å². The van der Waals surface area contributed by atoms with Crippen molar-refractivity contribution < 1.29 is 18.6 Å². The van der Waals surface area contributed by atoms with Crippen molar-refractivity contribution in [1.82, 2.24) is 5.32 Å². The molecule has 0 aromatic heterocycles. The Morgan fingerprint density at radius 1 is 1.35 bits per heavy atom. The molecule has 0 aliphatic carbocycles. The molecule has 0 saturated heterocycles. The molecule has 2 N–H and O–H groups in total. The van der Waals surface area contributed by atoms with Gasteiger partial charge in [0.15, 0.2) is 0 Å². The topological polar surface area (TPSA) is 41.5 Å². The maximum atomic E-state index is 12.2. The highest BCUT2D eigenvalue weighted by atomic mass is 19.3. The van der Waals surface area contributed by atoms with E-state index in [0.717, 1.165) is 6.42 Å². The van der Waals surface area contributed by atoms with Crippen LogP contribution in [0.2, 0.25) is 0 Å². The van der Waals surface area contributed by atoms with Crippen LogP contribution in [0.5, 0.6) is 5.75 Å². The van der Waals surface area contributed by atoms with Gasteiger partial charge in [-0.15, -0.1) is 0 Å². The average molecular weight is 245 g/mol. The van der Waals surface area contributed by atoms with Crippen LogP contribution in [0.15, 0.2) is 24.3 Å². The SMILES string of the molecule is CCC(NCCO)c1ccccc1OC(F)F. The third-order valence-corrected chi connectivity index (χ3v) is 2.42. The van der Waals surface area contributed by atoms with Crippen molar-refractivity contribution in [3.63, 3.8) is 0 Å². The van der Waals surface area contributed by atoms with Crippen LogP contribution in [0, 0.1) is 0 Å². The zero-order valence-electron chi connectivity index (χ0n) is 9.70. The molecule has 0 radical (unpaired) electrons. The Hall–Kier alpha value is -1.20. The first-order valence-electron chi connectivity index (χ1n) is 5.57. The standard InChI is InChI=1S/C12H17F2NO2/c1-2-10(15-7-8-16)9-5-3-4-6-11(9)17-12(13)14/h3-6,10,12,15-16H,2,7-8H2,1H3. The fourth-order valence-electron chi connectivity index (χ4n) is 1.68.